The van der Waals surface area contributed by atoms with Crippen molar-refractivity contribution in [1.82, 2.24) is 10.6 Å². The van der Waals surface area contributed by atoms with Crippen LogP contribution in [0.4, 0.5) is 4.79 Å². The highest BCUT2D eigenvalue weighted by molar-refractivity contribution is 5.90. The first-order valence-corrected chi connectivity index (χ1v) is 7.89. The zero-order chi connectivity index (χ0) is 17.0. The predicted molar refractivity (Wildman–Crippen MR) is 82.6 cm³/mol. The Balaban J connectivity index is 2.06. The Kier molecular flexibility index (Phi) is 5.28. The molecular formula is C16H24N2O5. The molecule has 0 bridgehead atoms. The van der Waals surface area contributed by atoms with Crippen LogP contribution in [0.1, 0.15) is 40.0 Å². The number of hydrogen-bond donors (Lipinski definition) is 2. The average Bonchev–Trinajstić information content (AvgIpc) is 2.97. The van der Waals surface area contributed by atoms with E-state index in [1.54, 1.807) is 26.8 Å². The van der Waals surface area contributed by atoms with E-state index in [0.717, 1.165) is 6.42 Å². The van der Waals surface area contributed by atoms with Gasteiger partial charge in [0, 0.05) is 24.5 Å². The average molecular weight is 324 g/mol. The maximum atomic E-state index is 12.0. The second kappa shape index (κ2) is 7.02. The van der Waals surface area contributed by atoms with E-state index < -0.39 is 17.7 Å². The summed E-state index contributed by atoms with van der Waals surface area (Å²) in [4.78, 5) is 35.4. The van der Waals surface area contributed by atoms with E-state index in [-0.39, 0.29) is 17.8 Å². The first-order valence-electron chi connectivity index (χ1n) is 7.89. The van der Waals surface area contributed by atoms with Crippen molar-refractivity contribution >= 4 is 18.0 Å². The summed E-state index contributed by atoms with van der Waals surface area (Å²) in [7, 11) is 0. The molecule has 2 N–H and O–H groups in total. The molecule has 0 aliphatic carbocycles. The van der Waals surface area contributed by atoms with Gasteiger partial charge in [-0.1, -0.05) is 6.08 Å². The van der Waals surface area contributed by atoms with Crippen molar-refractivity contribution in [1.29, 1.82) is 0 Å². The molecule has 2 aliphatic rings. The highest BCUT2D eigenvalue weighted by Crippen LogP contribution is 2.20. The van der Waals surface area contributed by atoms with E-state index in [9.17, 15) is 14.4 Å². The Morgan fingerprint density at radius 2 is 2.22 bits per heavy atom. The first kappa shape index (κ1) is 17.3. The molecule has 0 unspecified atom stereocenters. The minimum Gasteiger partial charge on any atom is -0.462 e. The molecule has 2 saturated heterocycles. The molecule has 2 atom stereocenters. The second-order valence-corrected chi connectivity index (χ2v) is 6.84. The fraction of sp³-hybridized carbons (Fsp3) is 0.688. The summed E-state index contributed by atoms with van der Waals surface area (Å²) in [6.45, 7) is 6.32. The molecule has 2 rings (SSSR count). The van der Waals surface area contributed by atoms with Crippen LogP contribution in [0.15, 0.2) is 11.6 Å². The molecule has 7 nitrogen and oxygen atoms in total. The number of rotatable bonds is 4. The maximum Gasteiger partial charge on any atom is 0.408 e. The zero-order valence-corrected chi connectivity index (χ0v) is 13.8. The summed E-state index contributed by atoms with van der Waals surface area (Å²) in [5.74, 6) is -0.561. The van der Waals surface area contributed by atoms with Gasteiger partial charge >= 0.3 is 12.1 Å². The number of carbonyl (C=O) groups is 3. The number of alkyl carbamates (subject to hydrolysis) is 1. The number of carbonyl (C=O) groups excluding carboxylic acids is 3. The van der Waals surface area contributed by atoms with Crippen LogP contribution in [0.3, 0.4) is 0 Å². The van der Waals surface area contributed by atoms with Crippen LogP contribution in [0, 0.1) is 5.92 Å². The standard InChI is InChI=1S/C16H24N2O5/c1-16(2,3)23-15(21)18-12(8-10-4-6-17-13(10)19)9-11-5-7-22-14(11)20/h9-10,12H,4-8H2,1-3H3,(H,17,19)(H,18,21)/b11-9+/t10-,12-/m0/s1. The number of cyclic esters (lactones) is 1. The minimum atomic E-state index is -0.612. The van der Waals surface area contributed by atoms with Gasteiger partial charge < -0.3 is 20.1 Å². The van der Waals surface area contributed by atoms with Crippen molar-refractivity contribution in [3.63, 3.8) is 0 Å². The summed E-state index contributed by atoms with van der Waals surface area (Å²) in [5.41, 5.74) is -0.0804. The van der Waals surface area contributed by atoms with E-state index in [1.807, 2.05) is 0 Å². The Bertz CT molecular complexity index is 521. The van der Waals surface area contributed by atoms with Crippen LogP contribution in [-0.2, 0) is 19.1 Å². The number of amides is 2. The number of ether oxygens (including phenoxy) is 2. The third-order valence-electron chi connectivity index (χ3n) is 3.67. The summed E-state index contributed by atoms with van der Waals surface area (Å²) < 4.78 is 10.2. The summed E-state index contributed by atoms with van der Waals surface area (Å²) in [6.07, 6.45) is 2.79. The highest BCUT2D eigenvalue weighted by atomic mass is 16.6. The van der Waals surface area contributed by atoms with Crippen molar-refractivity contribution in [2.24, 2.45) is 5.92 Å². The third-order valence-corrected chi connectivity index (χ3v) is 3.67. The van der Waals surface area contributed by atoms with Crippen LogP contribution < -0.4 is 10.6 Å². The van der Waals surface area contributed by atoms with Gasteiger partial charge in [0.25, 0.3) is 0 Å². The van der Waals surface area contributed by atoms with Crippen molar-refractivity contribution in [2.45, 2.75) is 51.7 Å². The number of nitrogens with one attached hydrogen (secondary N) is 2. The SMILES string of the molecule is CC(C)(C)OC(=O)N[C@H](/C=C1\CCOC1=O)C[C@@H]1CCNC1=O. The van der Waals surface area contributed by atoms with Crippen molar-refractivity contribution in [3.05, 3.63) is 11.6 Å². The molecule has 128 valence electrons. The van der Waals surface area contributed by atoms with Gasteiger partial charge in [-0.2, -0.15) is 0 Å². The summed E-state index contributed by atoms with van der Waals surface area (Å²) in [6, 6.07) is -0.445. The van der Waals surface area contributed by atoms with Gasteiger partial charge in [0.05, 0.1) is 12.6 Å². The monoisotopic (exact) mass is 324 g/mol. The summed E-state index contributed by atoms with van der Waals surface area (Å²) >= 11 is 0. The van der Waals surface area contributed by atoms with Crippen LogP contribution in [0.5, 0.6) is 0 Å². The number of hydrogen-bond acceptors (Lipinski definition) is 5. The van der Waals surface area contributed by atoms with Crippen LogP contribution in [0.25, 0.3) is 0 Å². The third kappa shape index (κ3) is 5.26. The lowest BCUT2D eigenvalue weighted by atomic mass is 9.96. The van der Waals surface area contributed by atoms with Gasteiger partial charge in [0.2, 0.25) is 5.91 Å². The molecule has 23 heavy (non-hydrogen) atoms. The minimum absolute atomic E-state index is 0.0200. The lowest BCUT2D eigenvalue weighted by molar-refractivity contribution is -0.135. The van der Waals surface area contributed by atoms with Gasteiger partial charge in [0.15, 0.2) is 0 Å². The van der Waals surface area contributed by atoms with E-state index in [2.05, 4.69) is 10.6 Å². The van der Waals surface area contributed by atoms with Crippen molar-refractivity contribution < 1.29 is 23.9 Å². The maximum absolute atomic E-state index is 12.0. The molecule has 0 aromatic heterocycles. The molecular weight excluding hydrogens is 300 g/mol. The Hall–Kier alpha value is -2.05. The highest BCUT2D eigenvalue weighted by Gasteiger charge is 2.29. The molecule has 0 aromatic rings. The molecule has 2 amide bonds. The molecule has 7 heteroatoms. The van der Waals surface area contributed by atoms with Crippen LogP contribution >= 0.6 is 0 Å². The lowest BCUT2D eigenvalue weighted by Crippen LogP contribution is -2.40. The predicted octanol–water partition coefficient (Wildman–Crippen LogP) is 1.28. The Morgan fingerprint density at radius 3 is 2.74 bits per heavy atom. The largest absolute Gasteiger partial charge is 0.462 e. The van der Waals surface area contributed by atoms with Gasteiger partial charge in [-0.25, -0.2) is 9.59 Å². The molecule has 0 aromatic carbocycles. The van der Waals surface area contributed by atoms with E-state index in [1.165, 1.54) is 0 Å². The van der Waals surface area contributed by atoms with Crippen molar-refractivity contribution in [3.8, 4) is 0 Å². The van der Waals surface area contributed by atoms with Gasteiger partial charge in [0.1, 0.15) is 5.60 Å². The number of esters is 1. The Morgan fingerprint density at radius 1 is 1.48 bits per heavy atom. The van der Waals surface area contributed by atoms with E-state index >= 15 is 0 Å². The molecule has 2 heterocycles. The van der Waals surface area contributed by atoms with Crippen molar-refractivity contribution in [2.75, 3.05) is 13.2 Å². The Labute approximate surface area is 135 Å². The fourth-order valence-electron chi connectivity index (χ4n) is 2.65. The van der Waals surface area contributed by atoms with Crippen LogP contribution in [-0.4, -0.2) is 42.8 Å². The molecule has 0 saturated carbocycles. The van der Waals surface area contributed by atoms with Gasteiger partial charge in [-0.3, -0.25) is 4.79 Å². The lowest BCUT2D eigenvalue weighted by Gasteiger charge is -2.23. The smallest absolute Gasteiger partial charge is 0.408 e. The second-order valence-electron chi connectivity index (χ2n) is 6.84. The normalized spacial score (nSPS) is 24.3. The topological polar surface area (TPSA) is 93.7 Å². The van der Waals surface area contributed by atoms with E-state index in [0.29, 0.717) is 31.6 Å². The quantitative estimate of drug-likeness (QED) is 0.600. The van der Waals surface area contributed by atoms with Gasteiger partial charge in [-0.05, 0) is 33.6 Å². The molecule has 2 aliphatic heterocycles. The summed E-state index contributed by atoms with van der Waals surface area (Å²) in [5, 5.41) is 5.52. The van der Waals surface area contributed by atoms with Crippen LogP contribution in [0.2, 0.25) is 0 Å². The molecule has 0 spiro atoms. The van der Waals surface area contributed by atoms with E-state index in [4.69, 9.17) is 9.47 Å². The first-order chi connectivity index (χ1) is 10.7. The van der Waals surface area contributed by atoms with Gasteiger partial charge in [-0.15, -0.1) is 0 Å². The molecule has 0 radical (unpaired) electrons. The zero-order valence-electron chi connectivity index (χ0n) is 13.8. The molecule has 2 fully saturated rings. The fourth-order valence-corrected chi connectivity index (χ4v) is 2.65.